The van der Waals surface area contributed by atoms with Gasteiger partial charge in [0.25, 0.3) is 0 Å². The highest BCUT2D eigenvalue weighted by molar-refractivity contribution is 5.89. The topological polar surface area (TPSA) is 106 Å². The highest BCUT2D eigenvalue weighted by Crippen LogP contribution is 2.17. The van der Waals surface area contributed by atoms with E-state index in [2.05, 4.69) is 20.8 Å². The van der Waals surface area contributed by atoms with E-state index in [4.69, 9.17) is 9.63 Å². The fourth-order valence-electron chi connectivity index (χ4n) is 1.43. The zero-order valence-corrected chi connectivity index (χ0v) is 10.7. The summed E-state index contributed by atoms with van der Waals surface area (Å²) in [6.07, 6.45) is 1.50. The second kappa shape index (κ2) is 5.61. The smallest absolute Gasteiger partial charge is 0.248 e. The van der Waals surface area contributed by atoms with E-state index in [1.54, 1.807) is 6.07 Å². The number of hydrogen-bond acceptors (Lipinski definition) is 6. The molecule has 0 aliphatic rings. The molecule has 0 unspecified atom stereocenters. The monoisotopic (exact) mass is 265 g/mol. The van der Waals surface area contributed by atoms with Crippen LogP contribution in [0.3, 0.4) is 0 Å². The summed E-state index contributed by atoms with van der Waals surface area (Å²) in [5.41, 5.74) is 1.19. The molecule has 2 aromatic rings. The summed E-state index contributed by atoms with van der Waals surface area (Å²) < 4.78 is 6.33. The molecule has 0 aliphatic heterocycles. The molecule has 0 saturated heterocycles. The molecule has 8 heteroatoms. The Morgan fingerprint density at radius 1 is 1.58 bits per heavy atom. The van der Waals surface area contributed by atoms with Gasteiger partial charge in [-0.1, -0.05) is 24.2 Å². The second-order valence-electron chi connectivity index (χ2n) is 4.38. The Hall–Kier alpha value is -2.22. The largest absolute Gasteiger partial charge is 0.390 e. The van der Waals surface area contributed by atoms with Crippen molar-refractivity contribution in [3.63, 3.8) is 0 Å². The predicted molar refractivity (Wildman–Crippen MR) is 65.2 cm³/mol. The van der Waals surface area contributed by atoms with Crippen molar-refractivity contribution < 1.29 is 14.4 Å². The van der Waals surface area contributed by atoms with Crippen LogP contribution < -0.4 is 5.32 Å². The van der Waals surface area contributed by atoms with Crippen molar-refractivity contribution in [2.45, 2.75) is 32.9 Å². The van der Waals surface area contributed by atoms with E-state index in [-0.39, 0.29) is 25.0 Å². The van der Waals surface area contributed by atoms with Gasteiger partial charge >= 0.3 is 0 Å². The maximum Gasteiger partial charge on any atom is 0.248 e. The van der Waals surface area contributed by atoms with Crippen LogP contribution in [0.25, 0.3) is 0 Å². The Bertz CT molecular complexity index is 560. The van der Waals surface area contributed by atoms with Crippen molar-refractivity contribution >= 4 is 11.8 Å². The number of aromatic nitrogens is 4. The molecular weight excluding hydrogens is 250 g/mol. The van der Waals surface area contributed by atoms with E-state index >= 15 is 0 Å². The number of hydrogen-bond donors (Lipinski definition) is 2. The number of amides is 1. The predicted octanol–water partition coefficient (Wildman–Crippen LogP) is 0.520. The van der Waals surface area contributed by atoms with Crippen LogP contribution in [0.4, 0.5) is 5.88 Å². The number of rotatable bonds is 5. The Morgan fingerprint density at radius 2 is 2.37 bits per heavy atom. The van der Waals surface area contributed by atoms with Gasteiger partial charge in [0, 0.05) is 6.07 Å². The van der Waals surface area contributed by atoms with Gasteiger partial charge in [0.15, 0.2) is 0 Å². The number of nitrogens with one attached hydrogen (secondary N) is 1. The van der Waals surface area contributed by atoms with Crippen molar-refractivity contribution in [2.24, 2.45) is 0 Å². The van der Waals surface area contributed by atoms with E-state index in [0.29, 0.717) is 11.6 Å². The summed E-state index contributed by atoms with van der Waals surface area (Å²) in [6, 6.07) is 1.68. The lowest BCUT2D eigenvalue weighted by atomic mass is 10.1. The number of nitrogens with zero attached hydrogens (tertiary/aromatic N) is 4. The fraction of sp³-hybridized carbons (Fsp3) is 0.455. The molecule has 2 aromatic heterocycles. The molecule has 0 aliphatic carbocycles. The summed E-state index contributed by atoms with van der Waals surface area (Å²) in [6.45, 7) is 3.75. The lowest BCUT2D eigenvalue weighted by molar-refractivity contribution is -0.117. The fourth-order valence-corrected chi connectivity index (χ4v) is 1.43. The summed E-state index contributed by atoms with van der Waals surface area (Å²) in [7, 11) is 0. The molecule has 0 saturated carbocycles. The van der Waals surface area contributed by atoms with E-state index < -0.39 is 0 Å². The van der Waals surface area contributed by atoms with Crippen molar-refractivity contribution in [1.82, 2.24) is 20.2 Å². The molecule has 0 bridgehead atoms. The summed E-state index contributed by atoms with van der Waals surface area (Å²) in [5.74, 6) is 0.230. The Morgan fingerprint density at radius 3 is 2.95 bits per heavy atom. The van der Waals surface area contributed by atoms with E-state index in [1.165, 1.54) is 10.9 Å². The highest BCUT2D eigenvalue weighted by Gasteiger charge is 2.11. The third kappa shape index (κ3) is 3.38. The van der Waals surface area contributed by atoms with Crippen LogP contribution in [0.1, 0.15) is 31.2 Å². The SMILES string of the molecule is CC(C)c1cc(NC(=O)Cn2cc(CO)nn2)on1. The third-order valence-corrected chi connectivity index (χ3v) is 2.44. The minimum Gasteiger partial charge on any atom is -0.390 e. The molecule has 0 radical (unpaired) electrons. The van der Waals surface area contributed by atoms with Crippen LogP contribution in [0.15, 0.2) is 16.8 Å². The lowest BCUT2D eigenvalue weighted by Crippen LogP contribution is -2.18. The van der Waals surface area contributed by atoms with Crippen LogP contribution in [0, 0.1) is 0 Å². The summed E-state index contributed by atoms with van der Waals surface area (Å²) in [4.78, 5) is 11.7. The van der Waals surface area contributed by atoms with Crippen LogP contribution in [-0.2, 0) is 17.9 Å². The maximum atomic E-state index is 11.7. The molecule has 8 nitrogen and oxygen atoms in total. The van der Waals surface area contributed by atoms with Gasteiger partial charge in [0.2, 0.25) is 11.8 Å². The quantitative estimate of drug-likeness (QED) is 0.816. The number of aliphatic hydroxyl groups is 1. The molecule has 2 rings (SSSR count). The molecular formula is C11H15N5O3. The van der Waals surface area contributed by atoms with Crippen LogP contribution in [0.2, 0.25) is 0 Å². The van der Waals surface area contributed by atoms with Gasteiger partial charge in [-0.3, -0.25) is 10.1 Å². The first-order valence-corrected chi connectivity index (χ1v) is 5.85. The van der Waals surface area contributed by atoms with E-state index in [0.717, 1.165) is 5.69 Å². The van der Waals surface area contributed by atoms with Gasteiger partial charge < -0.3 is 9.63 Å². The average molecular weight is 265 g/mol. The Balaban J connectivity index is 1.93. The molecule has 2 heterocycles. The molecule has 0 spiro atoms. The van der Waals surface area contributed by atoms with Crippen molar-refractivity contribution in [3.05, 3.63) is 23.7 Å². The maximum absolute atomic E-state index is 11.7. The van der Waals surface area contributed by atoms with Gasteiger partial charge in [-0.15, -0.1) is 5.10 Å². The molecule has 0 aromatic carbocycles. The zero-order valence-electron chi connectivity index (χ0n) is 10.7. The highest BCUT2D eigenvalue weighted by atomic mass is 16.5. The van der Waals surface area contributed by atoms with Crippen molar-refractivity contribution in [1.29, 1.82) is 0 Å². The number of aliphatic hydroxyl groups excluding tert-OH is 1. The minimum atomic E-state index is -0.305. The molecule has 1 amide bonds. The van der Waals surface area contributed by atoms with Crippen molar-refractivity contribution in [2.75, 3.05) is 5.32 Å². The summed E-state index contributed by atoms with van der Waals surface area (Å²) in [5, 5.41) is 22.6. The lowest BCUT2D eigenvalue weighted by Gasteiger charge is -2.00. The van der Waals surface area contributed by atoms with Gasteiger partial charge in [0.1, 0.15) is 12.2 Å². The zero-order chi connectivity index (χ0) is 13.8. The third-order valence-electron chi connectivity index (χ3n) is 2.44. The first-order valence-electron chi connectivity index (χ1n) is 5.85. The van der Waals surface area contributed by atoms with Crippen LogP contribution in [-0.4, -0.2) is 31.2 Å². The Kier molecular flexibility index (Phi) is 3.91. The number of anilines is 1. The standard InChI is InChI=1S/C11H15N5O3/c1-7(2)9-3-11(19-14-9)12-10(18)5-16-4-8(6-17)13-15-16/h3-4,7,17H,5-6H2,1-2H3,(H,12,18). The Labute approximate surface area is 109 Å². The number of carbonyl (C=O) groups is 1. The minimum absolute atomic E-state index is 0.00921. The van der Waals surface area contributed by atoms with Gasteiger partial charge in [-0.05, 0) is 5.92 Å². The summed E-state index contributed by atoms with van der Waals surface area (Å²) >= 11 is 0. The van der Waals surface area contributed by atoms with Crippen LogP contribution >= 0.6 is 0 Å². The van der Waals surface area contributed by atoms with E-state index in [9.17, 15) is 4.79 Å². The molecule has 19 heavy (non-hydrogen) atoms. The van der Waals surface area contributed by atoms with E-state index in [1.807, 2.05) is 13.8 Å². The van der Waals surface area contributed by atoms with Crippen molar-refractivity contribution in [3.8, 4) is 0 Å². The molecule has 102 valence electrons. The first kappa shape index (κ1) is 13.2. The molecule has 0 fully saturated rings. The normalized spacial score (nSPS) is 10.9. The van der Waals surface area contributed by atoms with Gasteiger partial charge in [0.05, 0.1) is 18.5 Å². The molecule has 2 N–H and O–H groups in total. The van der Waals surface area contributed by atoms with Gasteiger partial charge in [-0.2, -0.15) is 0 Å². The molecule has 0 atom stereocenters. The second-order valence-corrected chi connectivity index (χ2v) is 4.38. The van der Waals surface area contributed by atoms with Crippen LogP contribution in [0.5, 0.6) is 0 Å². The van der Waals surface area contributed by atoms with Gasteiger partial charge in [-0.25, -0.2) is 4.68 Å². The number of carbonyl (C=O) groups excluding carboxylic acids is 1. The first-order chi connectivity index (χ1) is 9.08. The average Bonchev–Trinajstić information content (AvgIpc) is 2.98.